The zero-order valence-electron chi connectivity index (χ0n) is 14.7. The van der Waals surface area contributed by atoms with Gasteiger partial charge >= 0.3 is 0 Å². The molecule has 1 aliphatic heterocycles. The van der Waals surface area contributed by atoms with Crippen LogP contribution in [0.5, 0.6) is 0 Å². The van der Waals surface area contributed by atoms with Crippen molar-refractivity contribution in [2.45, 2.75) is 6.23 Å². The molecular weight excluding hydrogens is 395 g/mol. The maximum atomic E-state index is 12.8. The number of carbonyl (C=O) groups is 1. The first kappa shape index (κ1) is 18.4. The topological polar surface area (TPSA) is 50.4 Å². The highest BCUT2D eigenvalue weighted by Gasteiger charge is 2.29. The van der Waals surface area contributed by atoms with Gasteiger partial charge in [-0.1, -0.05) is 83.9 Å². The van der Waals surface area contributed by atoms with E-state index in [2.05, 4.69) is 10.6 Å². The zero-order valence-corrected chi connectivity index (χ0v) is 16.2. The first-order valence-corrected chi connectivity index (χ1v) is 9.41. The molecule has 1 heterocycles. The Labute approximate surface area is 172 Å². The van der Waals surface area contributed by atoms with E-state index in [9.17, 15) is 4.79 Å². The molecule has 140 valence electrons. The second-order valence-corrected chi connectivity index (χ2v) is 7.04. The Hall–Kier alpha value is -2.95. The molecule has 3 aromatic rings. The smallest absolute Gasteiger partial charge is 0.259 e. The summed E-state index contributed by atoms with van der Waals surface area (Å²) in [5.41, 5.74) is 2.87. The molecule has 28 heavy (non-hydrogen) atoms. The SMILES string of the molecule is O=C(NC1=C(c2ccccc2)NC(c2ccccc2)O1)c1ccc(Cl)cc1Cl. The van der Waals surface area contributed by atoms with Gasteiger partial charge in [0.2, 0.25) is 5.88 Å². The monoisotopic (exact) mass is 410 g/mol. The van der Waals surface area contributed by atoms with E-state index in [0.717, 1.165) is 11.1 Å². The molecule has 2 N–H and O–H groups in total. The number of hydrogen-bond acceptors (Lipinski definition) is 3. The lowest BCUT2D eigenvalue weighted by Crippen LogP contribution is -2.24. The van der Waals surface area contributed by atoms with E-state index in [4.69, 9.17) is 27.9 Å². The van der Waals surface area contributed by atoms with Crippen LogP contribution in [0.2, 0.25) is 10.0 Å². The lowest BCUT2D eigenvalue weighted by Gasteiger charge is -2.13. The molecule has 4 nitrogen and oxygen atoms in total. The number of amides is 1. The van der Waals surface area contributed by atoms with Gasteiger partial charge in [0.1, 0.15) is 5.70 Å². The van der Waals surface area contributed by atoms with Crippen LogP contribution in [0.4, 0.5) is 0 Å². The van der Waals surface area contributed by atoms with Crippen molar-refractivity contribution in [3.63, 3.8) is 0 Å². The maximum Gasteiger partial charge on any atom is 0.259 e. The fourth-order valence-corrected chi connectivity index (χ4v) is 3.43. The van der Waals surface area contributed by atoms with Crippen molar-refractivity contribution in [2.24, 2.45) is 0 Å². The van der Waals surface area contributed by atoms with Crippen LogP contribution in [0.15, 0.2) is 84.7 Å². The van der Waals surface area contributed by atoms with Gasteiger partial charge in [0.15, 0.2) is 6.23 Å². The molecule has 0 radical (unpaired) electrons. The summed E-state index contributed by atoms with van der Waals surface area (Å²) in [4.78, 5) is 12.8. The van der Waals surface area contributed by atoms with Gasteiger partial charge in [0.05, 0.1) is 10.6 Å². The molecule has 0 aliphatic carbocycles. The van der Waals surface area contributed by atoms with Crippen molar-refractivity contribution in [3.8, 4) is 0 Å². The molecule has 4 rings (SSSR count). The minimum Gasteiger partial charge on any atom is -0.449 e. The van der Waals surface area contributed by atoms with E-state index in [0.29, 0.717) is 22.2 Å². The summed E-state index contributed by atoms with van der Waals surface area (Å²) in [6.07, 6.45) is -0.410. The predicted octanol–water partition coefficient (Wildman–Crippen LogP) is 5.37. The number of ether oxygens (including phenoxy) is 1. The van der Waals surface area contributed by atoms with Gasteiger partial charge in [-0.25, -0.2) is 0 Å². The largest absolute Gasteiger partial charge is 0.449 e. The standard InChI is InChI=1S/C22H16Cl2N2O2/c23-16-11-12-17(18(24)13-16)20(27)26-22-19(14-7-3-1-4-8-14)25-21(28-22)15-9-5-2-6-10-15/h1-13,21,25H,(H,26,27). The van der Waals surface area contributed by atoms with Crippen LogP contribution in [0.25, 0.3) is 5.70 Å². The summed E-state index contributed by atoms with van der Waals surface area (Å²) in [7, 11) is 0. The van der Waals surface area contributed by atoms with Crippen molar-refractivity contribution in [1.82, 2.24) is 10.6 Å². The van der Waals surface area contributed by atoms with Crippen LogP contribution in [-0.4, -0.2) is 5.91 Å². The Bertz CT molecular complexity index is 1040. The lowest BCUT2D eigenvalue weighted by molar-refractivity contribution is 0.0851. The molecule has 0 aromatic heterocycles. The van der Waals surface area contributed by atoms with E-state index >= 15 is 0 Å². The van der Waals surface area contributed by atoms with Crippen molar-refractivity contribution >= 4 is 34.8 Å². The molecule has 0 spiro atoms. The highest BCUT2D eigenvalue weighted by atomic mass is 35.5. The third kappa shape index (κ3) is 3.84. The number of carbonyl (C=O) groups excluding carboxylic acids is 1. The highest BCUT2D eigenvalue weighted by Crippen LogP contribution is 2.31. The van der Waals surface area contributed by atoms with Gasteiger partial charge in [-0.3, -0.25) is 10.1 Å². The maximum absolute atomic E-state index is 12.8. The predicted molar refractivity (Wildman–Crippen MR) is 111 cm³/mol. The zero-order chi connectivity index (χ0) is 19.5. The quantitative estimate of drug-likeness (QED) is 0.607. The first-order valence-electron chi connectivity index (χ1n) is 8.66. The third-order valence-corrected chi connectivity index (χ3v) is 4.85. The average Bonchev–Trinajstić information content (AvgIpc) is 3.13. The van der Waals surface area contributed by atoms with E-state index in [-0.39, 0.29) is 10.9 Å². The van der Waals surface area contributed by atoms with E-state index in [1.165, 1.54) is 6.07 Å². The Kier molecular flexibility index (Phi) is 5.24. The van der Waals surface area contributed by atoms with Crippen LogP contribution in [-0.2, 0) is 4.74 Å². The molecule has 1 unspecified atom stereocenters. The van der Waals surface area contributed by atoms with Crippen LogP contribution in [0, 0.1) is 0 Å². The number of nitrogens with one attached hydrogen (secondary N) is 2. The molecular formula is C22H16Cl2N2O2. The third-order valence-electron chi connectivity index (χ3n) is 4.31. The van der Waals surface area contributed by atoms with Gasteiger partial charge in [0, 0.05) is 16.1 Å². The summed E-state index contributed by atoms with van der Waals surface area (Å²) >= 11 is 12.1. The van der Waals surface area contributed by atoms with Gasteiger partial charge in [0.25, 0.3) is 5.91 Å². The molecule has 0 saturated heterocycles. The van der Waals surface area contributed by atoms with E-state index in [1.54, 1.807) is 12.1 Å². The lowest BCUT2D eigenvalue weighted by atomic mass is 10.1. The van der Waals surface area contributed by atoms with E-state index < -0.39 is 6.23 Å². The van der Waals surface area contributed by atoms with E-state index in [1.807, 2.05) is 60.7 Å². The number of rotatable bonds is 4. The van der Waals surface area contributed by atoms with Crippen molar-refractivity contribution < 1.29 is 9.53 Å². The number of hydrogen-bond donors (Lipinski definition) is 2. The van der Waals surface area contributed by atoms with Crippen LogP contribution in [0.1, 0.15) is 27.7 Å². The molecule has 0 bridgehead atoms. The van der Waals surface area contributed by atoms with Gasteiger partial charge < -0.3 is 10.1 Å². The molecule has 1 aliphatic rings. The molecule has 3 aromatic carbocycles. The van der Waals surface area contributed by atoms with Crippen molar-refractivity contribution in [1.29, 1.82) is 0 Å². The summed E-state index contributed by atoms with van der Waals surface area (Å²) in [6, 6.07) is 24.1. The fourth-order valence-electron chi connectivity index (χ4n) is 2.94. The number of benzene rings is 3. The minimum absolute atomic E-state index is 0.275. The van der Waals surface area contributed by atoms with Crippen molar-refractivity contribution in [3.05, 3.63) is 111 Å². The first-order chi connectivity index (χ1) is 13.6. The Morgan fingerprint density at radius 3 is 2.29 bits per heavy atom. The molecule has 1 amide bonds. The van der Waals surface area contributed by atoms with Crippen LogP contribution >= 0.6 is 23.2 Å². The van der Waals surface area contributed by atoms with Gasteiger partial charge in [-0.2, -0.15) is 0 Å². The average molecular weight is 411 g/mol. The minimum atomic E-state index is -0.410. The Balaban J connectivity index is 1.65. The normalized spacial score (nSPS) is 15.7. The molecule has 1 atom stereocenters. The summed E-state index contributed by atoms with van der Waals surface area (Å²) < 4.78 is 6.04. The van der Waals surface area contributed by atoms with Crippen LogP contribution < -0.4 is 10.6 Å². The number of halogens is 2. The Morgan fingerprint density at radius 2 is 1.61 bits per heavy atom. The molecule has 0 saturated carbocycles. The highest BCUT2D eigenvalue weighted by molar-refractivity contribution is 6.36. The van der Waals surface area contributed by atoms with Gasteiger partial charge in [-0.15, -0.1) is 0 Å². The second-order valence-electron chi connectivity index (χ2n) is 6.20. The summed E-state index contributed by atoms with van der Waals surface area (Å²) in [5.74, 6) is -0.0309. The molecule has 0 fully saturated rings. The summed E-state index contributed by atoms with van der Waals surface area (Å²) in [5, 5.41) is 6.92. The molecule has 6 heteroatoms. The summed E-state index contributed by atoms with van der Waals surface area (Å²) in [6.45, 7) is 0. The Morgan fingerprint density at radius 1 is 0.929 bits per heavy atom. The van der Waals surface area contributed by atoms with Crippen molar-refractivity contribution in [2.75, 3.05) is 0 Å². The van der Waals surface area contributed by atoms with Crippen LogP contribution in [0.3, 0.4) is 0 Å². The fraction of sp³-hybridized carbons (Fsp3) is 0.0455. The van der Waals surface area contributed by atoms with Gasteiger partial charge in [-0.05, 0) is 18.2 Å². The second kappa shape index (κ2) is 7.97.